The van der Waals surface area contributed by atoms with Gasteiger partial charge in [-0.1, -0.05) is 42.5 Å². The van der Waals surface area contributed by atoms with Crippen LogP contribution >= 0.6 is 0 Å². The van der Waals surface area contributed by atoms with Crippen molar-refractivity contribution in [1.29, 1.82) is 0 Å². The molecule has 0 aliphatic heterocycles. The lowest BCUT2D eigenvalue weighted by molar-refractivity contribution is 0.0526. The Morgan fingerprint density at radius 3 is 2.15 bits per heavy atom. The van der Waals surface area contributed by atoms with Crippen LogP contribution in [0.15, 0.2) is 66.7 Å². The molecule has 0 fully saturated rings. The molecular weight excluding hydrogens is 338 g/mol. The third-order valence-corrected chi connectivity index (χ3v) is 3.99. The Balaban J connectivity index is 2.04. The monoisotopic (exact) mass is 359 g/mol. The summed E-state index contributed by atoms with van der Waals surface area (Å²) < 4.78 is 5.02. The first kappa shape index (κ1) is 18.2. The molecule has 3 rings (SSSR count). The maximum absolute atomic E-state index is 11.8. The minimum atomic E-state index is -0.328. The Kier molecular flexibility index (Phi) is 5.52. The van der Waals surface area contributed by atoms with Crippen LogP contribution in [-0.4, -0.2) is 17.6 Å². The highest BCUT2D eigenvalue weighted by Gasteiger charge is 2.09. The standard InChI is InChI=1S/C22H21N3O2/c1-2-27-22(26)17-10-8-15(9-11-17)12-19(16-6-4-3-5-7-16)18-13-20(23)25-21(24)14-18/h3-14H,2H2,1H3,(H4,23,24,25)/b19-12+. The van der Waals surface area contributed by atoms with E-state index >= 15 is 0 Å². The van der Waals surface area contributed by atoms with Gasteiger partial charge < -0.3 is 16.2 Å². The highest BCUT2D eigenvalue weighted by Crippen LogP contribution is 2.28. The minimum absolute atomic E-state index is 0.328. The quantitative estimate of drug-likeness (QED) is 0.530. The molecule has 0 radical (unpaired) electrons. The zero-order valence-corrected chi connectivity index (χ0v) is 15.1. The van der Waals surface area contributed by atoms with E-state index in [1.807, 2.05) is 48.5 Å². The molecule has 0 bridgehead atoms. The fraction of sp³-hybridized carbons (Fsp3) is 0.0909. The normalized spacial score (nSPS) is 11.2. The van der Waals surface area contributed by atoms with Crippen LogP contribution in [0.2, 0.25) is 0 Å². The van der Waals surface area contributed by atoms with E-state index in [9.17, 15) is 4.79 Å². The zero-order valence-electron chi connectivity index (χ0n) is 15.1. The Morgan fingerprint density at radius 2 is 1.56 bits per heavy atom. The number of esters is 1. The van der Waals surface area contributed by atoms with Crippen molar-refractivity contribution in [1.82, 2.24) is 4.98 Å². The van der Waals surface area contributed by atoms with E-state index in [4.69, 9.17) is 16.2 Å². The Labute approximate surface area is 158 Å². The van der Waals surface area contributed by atoms with Crippen LogP contribution in [0.3, 0.4) is 0 Å². The number of rotatable bonds is 5. The van der Waals surface area contributed by atoms with Crippen molar-refractivity contribution in [3.8, 4) is 0 Å². The molecule has 0 saturated carbocycles. The summed E-state index contributed by atoms with van der Waals surface area (Å²) in [5, 5.41) is 0. The van der Waals surface area contributed by atoms with Crippen LogP contribution in [0, 0.1) is 0 Å². The number of nitrogen functional groups attached to an aromatic ring is 2. The molecule has 0 amide bonds. The molecule has 5 nitrogen and oxygen atoms in total. The number of anilines is 2. The van der Waals surface area contributed by atoms with Gasteiger partial charge in [-0.15, -0.1) is 0 Å². The largest absolute Gasteiger partial charge is 0.462 e. The number of ether oxygens (including phenoxy) is 1. The van der Waals surface area contributed by atoms with Crippen molar-refractivity contribution in [3.63, 3.8) is 0 Å². The average molecular weight is 359 g/mol. The van der Waals surface area contributed by atoms with Gasteiger partial charge in [-0.25, -0.2) is 9.78 Å². The van der Waals surface area contributed by atoms with Crippen molar-refractivity contribution in [2.75, 3.05) is 18.1 Å². The third kappa shape index (κ3) is 4.52. The van der Waals surface area contributed by atoms with Gasteiger partial charge in [-0.2, -0.15) is 0 Å². The van der Waals surface area contributed by atoms with Gasteiger partial charge in [0.05, 0.1) is 12.2 Å². The van der Waals surface area contributed by atoms with Crippen molar-refractivity contribution in [2.45, 2.75) is 6.92 Å². The second-order valence-corrected chi connectivity index (χ2v) is 5.97. The summed E-state index contributed by atoms with van der Waals surface area (Å²) in [7, 11) is 0. The number of hydrogen-bond donors (Lipinski definition) is 2. The summed E-state index contributed by atoms with van der Waals surface area (Å²) in [6.45, 7) is 2.14. The topological polar surface area (TPSA) is 91.2 Å². The third-order valence-electron chi connectivity index (χ3n) is 3.99. The van der Waals surface area contributed by atoms with Gasteiger partial charge >= 0.3 is 5.97 Å². The number of hydrogen-bond acceptors (Lipinski definition) is 5. The van der Waals surface area contributed by atoms with Crippen molar-refractivity contribution < 1.29 is 9.53 Å². The molecule has 1 heterocycles. The molecule has 136 valence electrons. The van der Waals surface area contributed by atoms with E-state index in [0.717, 1.165) is 22.3 Å². The average Bonchev–Trinajstić information content (AvgIpc) is 2.66. The van der Waals surface area contributed by atoms with Crippen LogP contribution < -0.4 is 11.5 Å². The van der Waals surface area contributed by atoms with Crippen LogP contribution in [0.25, 0.3) is 11.6 Å². The van der Waals surface area contributed by atoms with E-state index in [1.54, 1.807) is 31.2 Å². The van der Waals surface area contributed by atoms with Crippen molar-refractivity contribution in [2.24, 2.45) is 0 Å². The lowest BCUT2D eigenvalue weighted by atomic mass is 9.96. The fourth-order valence-corrected chi connectivity index (χ4v) is 2.78. The molecule has 0 aliphatic carbocycles. The summed E-state index contributed by atoms with van der Waals surface area (Å²) in [4.78, 5) is 15.9. The van der Waals surface area contributed by atoms with Crippen LogP contribution in [0.1, 0.15) is 34.0 Å². The highest BCUT2D eigenvalue weighted by atomic mass is 16.5. The summed E-state index contributed by atoms with van der Waals surface area (Å²) >= 11 is 0. The number of benzene rings is 2. The maximum Gasteiger partial charge on any atom is 0.338 e. The highest BCUT2D eigenvalue weighted by molar-refractivity contribution is 5.93. The second-order valence-electron chi connectivity index (χ2n) is 5.97. The molecule has 0 atom stereocenters. The first-order chi connectivity index (χ1) is 13.1. The second kappa shape index (κ2) is 8.19. The zero-order chi connectivity index (χ0) is 19.2. The molecule has 4 N–H and O–H groups in total. The summed E-state index contributed by atoms with van der Waals surface area (Å²) in [5.74, 6) is 0.403. The molecule has 3 aromatic rings. The maximum atomic E-state index is 11.8. The van der Waals surface area contributed by atoms with Gasteiger partial charge in [0.25, 0.3) is 0 Å². The predicted molar refractivity (Wildman–Crippen MR) is 109 cm³/mol. The number of aromatic nitrogens is 1. The minimum Gasteiger partial charge on any atom is -0.462 e. The number of carbonyl (C=O) groups excluding carboxylic acids is 1. The smallest absolute Gasteiger partial charge is 0.338 e. The van der Waals surface area contributed by atoms with Gasteiger partial charge in [0.15, 0.2) is 0 Å². The first-order valence-electron chi connectivity index (χ1n) is 8.64. The Morgan fingerprint density at radius 1 is 0.926 bits per heavy atom. The molecule has 2 aromatic carbocycles. The molecule has 5 heteroatoms. The van der Waals surface area contributed by atoms with E-state index in [0.29, 0.717) is 23.8 Å². The van der Waals surface area contributed by atoms with Crippen molar-refractivity contribution in [3.05, 3.63) is 89.0 Å². The van der Waals surface area contributed by atoms with E-state index < -0.39 is 0 Å². The van der Waals surface area contributed by atoms with Crippen LogP contribution in [-0.2, 0) is 4.74 Å². The molecule has 0 spiro atoms. The number of pyridine rings is 1. The molecule has 27 heavy (non-hydrogen) atoms. The number of nitrogens with two attached hydrogens (primary N) is 2. The number of carbonyl (C=O) groups is 1. The predicted octanol–water partition coefficient (Wildman–Crippen LogP) is 4.01. The van der Waals surface area contributed by atoms with Gasteiger partial charge in [0, 0.05) is 0 Å². The van der Waals surface area contributed by atoms with Gasteiger partial charge in [-0.3, -0.25) is 0 Å². The molecule has 0 unspecified atom stereocenters. The van der Waals surface area contributed by atoms with E-state index in [-0.39, 0.29) is 5.97 Å². The van der Waals surface area contributed by atoms with Gasteiger partial charge in [0.2, 0.25) is 0 Å². The molecule has 0 aliphatic rings. The first-order valence-corrected chi connectivity index (χ1v) is 8.64. The summed E-state index contributed by atoms with van der Waals surface area (Å²) in [5.41, 5.74) is 16.1. The number of nitrogens with zero attached hydrogens (tertiary/aromatic N) is 1. The molecular formula is C22H21N3O2. The van der Waals surface area contributed by atoms with Crippen molar-refractivity contribution >= 4 is 29.3 Å². The molecule has 1 aromatic heterocycles. The van der Waals surface area contributed by atoms with E-state index in [1.165, 1.54) is 0 Å². The fourth-order valence-electron chi connectivity index (χ4n) is 2.78. The molecule has 0 saturated heterocycles. The van der Waals surface area contributed by atoms with Gasteiger partial charge in [0.1, 0.15) is 11.6 Å². The van der Waals surface area contributed by atoms with Crippen LogP contribution in [0.4, 0.5) is 11.6 Å². The van der Waals surface area contributed by atoms with Gasteiger partial charge in [-0.05, 0) is 59.5 Å². The SMILES string of the molecule is CCOC(=O)c1ccc(/C=C(\c2ccccc2)c2cc(N)nc(N)c2)cc1. The Bertz CT molecular complexity index is 944. The lowest BCUT2D eigenvalue weighted by Crippen LogP contribution is -2.04. The lowest BCUT2D eigenvalue weighted by Gasteiger charge is -2.11. The Hall–Kier alpha value is -3.60. The van der Waals surface area contributed by atoms with Crippen LogP contribution in [0.5, 0.6) is 0 Å². The summed E-state index contributed by atoms with van der Waals surface area (Å²) in [6, 6.07) is 20.8. The summed E-state index contributed by atoms with van der Waals surface area (Å²) in [6.07, 6.45) is 2.03. The van der Waals surface area contributed by atoms with E-state index in [2.05, 4.69) is 4.98 Å².